The zero-order valence-electron chi connectivity index (χ0n) is 18.6. The molecule has 1 atom stereocenters. The zero-order chi connectivity index (χ0) is 23.0. The summed E-state index contributed by atoms with van der Waals surface area (Å²) < 4.78 is 5.19. The number of anilines is 1. The number of hydrogen-bond acceptors (Lipinski definition) is 5. The van der Waals surface area contributed by atoms with Crippen molar-refractivity contribution in [2.75, 3.05) is 33.1 Å². The third-order valence-corrected chi connectivity index (χ3v) is 4.85. The summed E-state index contributed by atoms with van der Waals surface area (Å²) in [6, 6.07) is 14.2. The SMILES string of the molecule is COc1ccc(C(CNC(=O)/C=C(/C)C(=O)Nc2ccc(C(C)=O)cc2)N(C)C)cc1. The highest BCUT2D eigenvalue weighted by Gasteiger charge is 2.15. The van der Waals surface area contributed by atoms with Gasteiger partial charge in [0.05, 0.1) is 13.2 Å². The van der Waals surface area contributed by atoms with E-state index in [0.717, 1.165) is 11.3 Å². The van der Waals surface area contributed by atoms with E-state index in [-0.39, 0.29) is 29.2 Å². The molecule has 2 amide bonds. The Kier molecular flexibility index (Phi) is 8.52. The lowest BCUT2D eigenvalue weighted by atomic mass is 10.1. The van der Waals surface area contributed by atoms with Crippen LogP contribution in [0.1, 0.15) is 35.8 Å². The predicted molar refractivity (Wildman–Crippen MR) is 121 cm³/mol. The van der Waals surface area contributed by atoms with Gasteiger partial charge in [-0.2, -0.15) is 0 Å². The molecule has 0 aliphatic rings. The fraction of sp³-hybridized carbons (Fsp3) is 0.292. The molecule has 0 spiro atoms. The first-order valence-electron chi connectivity index (χ1n) is 9.90. The lowest BCUT2D eigenvalue weighted by molar-refractivity contribution is -0.117. The fourth-order valence-electron chi connectivity index (χ4n) is 2.95. The first-order valence-corrected chi connectivity index (χ1v) is 9.90. The second-order valence-corrected chi connectivity index (χ2v) is 7.41. The maximum Gasteiger partial charge on any atom is 0.251 e. The van der Waals surface area contributed by atoms with Crippen molar-refractivity contribution in [3.8, 4) is 5.75 Å². The molecule has 7 heteroatoms. The molecule has 0 bridgehead atoms. The first kappa shape index (κ1) is 23.8. The van der Waals surface area contributed by atoms with Crippen molar-refractivity contribution in [3.05, 3.63) is 71.3 Å². The molecule has 31 heavy (non-hydrogen) atoms. The average Bonchev–Trinajstić information content (AvgIpc) is 2.74. The Morgan fingerprint density at radius 1 is 1.00 bits per heavy atom. The molecule has 0 aliphatic carbocycles. The average molecular weight is 424 g/mol. The lowest BCUT2D eigenvalue weighted by Gasteiger charge is -2.25. The van der Waals surface area contributed by atoms with Crippen molar-refractivity contribution >= 4 is 23.3 Å². The second-order valence-electron chi connectivity index (χ2n) is 7.41. The molecule has 0 aromatic heterocycles. The normalized spacial score (nSPS) is 12.3. The molecule has 0 saturated carbocycles. The second kappa shape index (κ2) is 11.1. The van der Waals surface area contributed by atoms with Gasteiger partial charge in [-0.15, -0.1) is 0 Å². The van der Waals surface area contributed by atoms with Crippen molar-refractivity contribution in [3.63, 3.8) is 0 Å². The van der Waals surface area contributed by atoms with Crippen molar-refractivity contribution in [1.82, 2.24) is 10.2 Å². The van der Waals surface area contributed by atoms with E-state index in [1.807, 2.05) is 43.3 Å². The van der Waals surface area contributed by atoms with Crippen LogP contribution in [-0.4, -0.2) is 50.2 Å². The third kappa shape index (κ3) is 7.08. The minimum Gasteiger partial charge on any atom is -0.497 e. The van der Waals surface area contributed by atoms with Crippen LogP contribution in [-0.2, 0) is 9.59 Å². The number of likely N-dealkylation sites (N-methyl/N-ethyl adjacent to an activating group) is 1. The highest BCUT2D eigenvalue weighted by Crippen LogP contribution is 2.20. The number of Topliss-reactive ketones (excluding diaryl/α,β-unsaturated/α-hetero) is 1. The number of rotatable bonds is 9. The van der Waals surface area contributed by atoms with Crippen molar-refractivity contribution in [2.24, 2.45) is 0 Å². The standard InChI is InChI=1S/C24H29N3O4/c1-16(24(30)26-20-10-6-18(7-11-20)17(2)28)14-23(29)25-15-22(27(3)4)19-8-12-21(31-5)13-9-19/h6-14,22H,15H2,1-5H3,(H,25,29)(H,26,30)/b16-14-. The number of benzene rings is 2. The lowest BCUT2D eigenvalue weighted by Crippen LogP contribution is -2.34. The van der Waals surface area contributed by atoms with Gasteiger partial charge in [-0.1, -0.05) is 12.1 Å². The van der Waals surface area contributed by atoms with E-state index in [4.69, 9.17) is 4.74 Å². The van der Waals surface area contributed by atoms with Crippen LogP contribution in [0.15, 0.2) is 60.2 Å². The Labute approximate surface area is 183 Å². The quantitative estimate of drug-likeness (QED) is 0.478. The first-order chi connectivity index (χ1) is 14.7. The Balaban J connectivity index is 1.96. The summed E-state index contributed by atoms with van der Waals surface area (Å²) in [6.07, 6.45) is 1.28. The summed E-state index contributed by atoms with van der Waals surface area (Å²) >= 11 is 0. The highest BCUT2D eigenvalue weighted by atomic mass is 16.5. The third-order valence-electron chi connectivity index (χ3n) is 4.85. The smallest absolute Gasteiger partial charge is 0.251 e. The van der Waals surface area contributed by atoms with E-state index < -0.39 is 0 Å². The summed E-state index contributed by atoms with van der Waals surface area (Å²) in [5.74, 6) is -0.00735. The molecule has 7 nitrogen and oxygen atoms in total. The van der Waals surface area contributed by atoms with E-state index in [1.54, 1.807) is 38.3 Å². The maximum atomic E-state index is 12.3. The maximum absolute atomic E-state index is 12.3. The summed E-state index contributed by atoms with van der Waals surface area (Å²) in [5.41, 5.74) is 2.44. The monoisotopic (exact) mass is 423 g/mol. The minimum absolute atomic E-state index is 0.0304. The van der Waals surface area contributed by atoms with E-state index in [1.165, 1.54) is 13.0 Å². The molecule has 1 unspecified atom stereocenters. The van der Waals surface area contributed by atoms with Gasteiger partial charge in [0.2, 0.25) is 5.91 Å². The fourth-order valence-corrected chi connectivity index (χ4v) is 2.95. The minimum atomic E-state index is -0.384. The van der Waals surface area contributed by atoms with Gasteiger partial charge in [0.25, 0.3) is 5.91 Å². The van der Waals surface area contributed by atoms with Crippen molar-refractivity contribution < 1.29 is 19.1 Å². The number of carbonyl (C=O) groups is 3. The molecule has 2 aromatic carbocycles. The van der Waals surface area contributed by atoms with Gasteiger partial charge in [0.15, 0.2) is 5.78 Å². The number of amides is 2. The molecule has 0 radical (unpaired) electrons. The number of methoxy groups -OCH3 is 1. The van der Waals surface area contributed by atoms with Crippen molar-refractivity contribution in [1.29, 1.82) is 0 Å². The van der Waals surface area contributed by atoms with Crippen LogP contribution in [0.25, 0.3) is 0 Å². The molecule has 0 saturated heterocycles. The van der Waals surface area contributed by atoms with Gasteiger partial charge in [-0.25, -0.2) is 0 Å². The molecule has 164 valence electrons. The van der Waals surface area contributed by atoms with E-state index in [2.05, 4.69) is 10.6 Å². The summed E-state index contributed by atoms with van der Waals surface area (Å²) in [6.45, 7) is 3.44. The molecule has 2 N–H and O–H groups in total. The molecular weight excluding hydrogens is 394 g/mol. The molecule has 0 fully saturated rings. The zero-order valence-corrected chi connectivity index (χ0v) is 18.6. The van der Waals surface area contributed by atoms with Crippen LogP contribution < -0.4 is 15.4 Å². The molecule has 2 aromatic rings. The molecular formula is C24H29N3O4. The van der Waals surface area contributed by atoms with Gasteiger partial charge in [-0.05, 0) is 69.9 Å². The Morgan fingerprint density at radius 3 is 2.13 bits per heavy atom. The molecule has 0 heterocycles. The van der Waals surface area contributed by atoms with Gasteiger partial charge >= 0.3 is 0 Å². The summed E-state index contributed by atoms with van der Waals surface area (Å²) in [4.78, 5) is 38.0. The van der Waals surface area contributed by atoms with Crippen LogP contribution in [0.3, 0.4) is 0 Å². The van der Waals surface area contributed by atoms with Crippen LogP contribution >= 0.6 is 0 Å². The van der Waals surface area contributed by atoms with E-state index >= 15 is 0 Å². The predicted octanol–water partition coefficient (Wildman–Crippen LogP) is 3.20. The number of nitrogens with zero attached hydrogens (tertiary/aromatic N) is 1. The largest absolute Gasteiger partial charge is 0.497 e. The topological polar surface area (TPSA) is 87.7 Å². The van der Waals surface area contributed by atoms with Gasteiger partial charge < -0.3 is 20.3 Å². The van der Waals surface area contributed by atoms with Crippen LogP contribution in [0.5, 0.6) is 5.75 Å². The van der Waals surface area contributed by atoms with Crippen molar-refractivity contribution in [2.45, 2.75) is 19.9 Å². The van der Waals surface area contributed by atoms with Gasteiger partial charge in [0.1, 0.15) is 5.75 Å². The number of ketones is 1. The summed E-state index contributed by atoms with van der Waals surface area (Å²) in [5, 5.41) is 5.57. The van der Waals surface area contributed by atoms with Gasteiger partial charge in [-0.3, -0.25) is 14.4 Å². The summed E-state index contributed by atoms with van der Waals surface area (Å²) in [7, 11) is 5.49. The van der Waals surface area contributed by atoms with Crippen LogP contribution in [0, 0.1) is 0 Å². The number of ether oxygens (including phenoxy) is 1. The van der Waals surface area contributed by atoms with Crippen LogP contribution in [0.4, 0.5) is 5.69 Å². The highest BCUT2D eigenvalue weighted by molar-refractivity contribution is 6.07. The van der Waals surface area contributed by atoms with E-state index in [9.17, 15) is 14.4 Å². The Bertz CT molecular complexity index is 948. The number of hydrogen-bond donors (Lipinski definition) is 2. The molecule has 0 aliphatic heterocycles. The Morgan fingerprint density at radius 2 is 1.61 bits per heavy atom. The number of carbonyl (C=O) groups excluding carboxylic acids is 3. The Hall–Kier alpha value is -3.45. The number of nitrogens with one attached hydrogen (secondary N) is 2. The van der Waals surface area contributed by atoms with E-state index in [0.29, 0.717) is 17.8 Å². The van der Waals surface area contributed by atoms with Gasteiger partial charge in [0, 0.05) is 29.4 Å². The molecule has 2 rings (SSSR count). The van der Waals surface area contributed by atoms with Crippen LogP contribution in [0.2, 0.25) is 0 Å².